The molecule has 0 radical (unpaired) electrons. The van der Waals surface area contributed by atoms with Gasteiger partial charge in [-0.15, -0.1) is 11.3 Å². The maximum Gasteiger partial charge on any atom is 0.512 e. The molecule has 3 heterocycles. The zero-order chi connectivity index (χ0) is 21.8. The number of rotatable bonds is 3. The Morgan fingerprint density at radius 2 is 1.80 bits per heavy atom. The highest BCUT2D eigenvalue weighted by Crippen LogP contribution is 2.56. The SMILES string of the molecule is O=C(O)Oc1sc(C2=NOC(c3sc(Cl)c(Cl)c3Cl)(C(F)(F)F)C2)c2c1CCCC2. The van der Waals surface area contributed by atoms with E-state index >= 15 is 0 Å². The summed E-state index contributed by atoms with van der Waals surface area (Å²) in [7, 11) is 0. The number of hydrogen-bond acceptors (Lipinski definition) is 6. The minimum Gasteiger partial charge on any atom is -0.449 e. The number of alkyl halides is 3. The van der Waals surface area contributed by atoms with Gasteiger partial charge in [-0.1, -0.05) is 51.3 Å². The summed E-state index contributed by atoms with van der Waals surface area (Å²) in [6.45, 7) is 0. The number of halogens is 6. The minimum atomic E-state index is -4.86. The van der Waals surface area contributed by atoms with Crippen LogP contribution >= 0.6 is 57.5 Å². The monoisotopic (exact) mass is 519 g/mol. The third-order valence-electron chi connectivity index (χ3n) is 4.93. The van der Waals surface area contributed by atoms with Crippen LogP contribution in [0.15, 0.2) is 5.16 Å². The van der Waals surface area contributed by atoms with Crippen LogP contribution in [-0.2, 0) is 23.3 Å². The number of fused-ring (bicyclic) bond motifs is 1. The molecule has 1 atom stereocenters. The summed E-state index contributed by atoms with van der Waals surface area (Å²) in [6.07, 6.45) is -4.19. The molecule has 0 saturated heterocycles. The summed E-state index contributed by atoms with van der Waals surface area (Å²) in [4.78, 5) is 16.1. The zero-order valence-electron chi connectivity index (χ0n) is 14.7. The van der Waals surface area contributed by atoms with Gasteiger partial charge in [-0.3, -0.25) is 0 Å². The third-order valence-corrected chi connectivity index (χ3v) is 8.85. The van der Waals surface area contributed by atoms with Crippen molar-refractivity contribution in [3.05, 3.63) is 35.3 Å². The zero-order valence-corrected chi connectivity index (χ0v) is 18.6. The summed E-state index contributed by atoms with van der Waals surface area (Å²) >= 11 is 19.4. The fourth-order valence-corrected chi connectivity index (χ4v) is 6.81. The van der Waals surface area contributed by atoms with Crippen LogP contribution in [0, 0.1) is 0 Å². The maximum absolute atomic E-state index is 14.2. The molecular formula is C17H11Cl3F3NO4S2. The van der Waals surface area contributed by atoms with Gasteiger partial charge < -0.3 is 14.7 Å². The number of carbonyl (C=O) groups is 1. The standard InChI is InChI=1S/C17H11Cl3F3NO4S2/c18-9-10(19)13(20)30-12(9)16(17(21,22)23)5-8(24-28-16)11-6-3-1-2-4-7(6)14(29-11)27-15(25)26/h1-5H2,(H,25,26). The second-order valence-electron chi connectivity index (χ2n) is 6.71. The highest BCUT2D eigenvalue weighted by molar-refractivity contribution is 7.18. The second-order valence-corrected chi connectivity index (χ2v) is 10.1. The molecule has 4 rings (SSSR count). The first-order valence-electron chi connectivity index (χ1n) is 8.56. The largest absolute Gasteiger partial charge is 0.512 e. The van der Waals surface area contributed by atoms with Crippen LogP contribution in [0.4, 0.5) is 18.0 Å². The van der Waals surface area contributed by atoms with Gasteiger partial charge in [0.05, 0.1) is 26.2 Å². The van der Waals surface area contributed by atoms with E-state index in [0.717, 1.165) is 29.7 Å². The molecule has 2 aromatic rings. The lowest BCUT2D eigenvalue weighted by atomic mass is 9.89. The predicted molar refractivity (Wildman–Crippen MR) is 109 cm³/mol. The number of hydrogen-bond donors (Lipinski definition) is 1. The van der Waals surface area contributed by atoms with Crippen molar-refractivity contribution in [1.29, 1.82) is 0 Å². The summed E-state index contributed by atoms with van der Waals surface area (Å²) in [5, 5.41) is 12.4. The Balaban J connectivity index is 1.78. The minimum absolute atomic E-state index is 0.0485. The number of oxime groups is 1. The molecule has 0 amide bonds. The van der Waals surface area contributed by atoms with E-state index < -0.39 is 24.4 Å². The molecule has 0 bridgehead atoms. The molecular weight excluding hydrogens is 510 g/mol. The van der Waals surface area contributed by atoms with Crippen molar-refractivity contribution in [2.24, 2.45) is 5.16 Å². The van der Waals surface area contributed by atoms with E-state index in [-0.39, 0.29) is 30.0 Å². The number of nitrogens with zero attached hydrogens (tertiary/aromatic N) is 1. The molecule has 2 aliphatic rings. The highest BCUT2D eigenvalue weighted by Gasteiger charge is 2.64. The molecule has 0 saturated carbocycles. The van der Waals surface area contributed by atoms with Gasteiger partial charge in [0.1, 0.15) is 10.0 Å². The Hall–Kier alpha value is -1.20. The van der Waals surface area contributed by atoms with Crippen molar-refractivity contribution in [2.45, 2.75) is 43.9 Å². The Labute approximate surface area is 190 Å². The van der Waals surface area contributed by atoms with Crippen LogP contribution < -0.4 is 4.74 Å². The molecule has 30 heavy (non-hydrogen) atoms. The average Bonchev–Trinajstić information content (AvgIpc) is 3.33. The Bertz CT molecular complexity index is 1070. The highest BCUT2D eigenvalue weighted by atomic mass is 35.5. The summed E-state index contributed by atoms with van der Waals surface area (Å²) in [5.41, 5.74) is -1.35. The molecule has 1 unspecified atom stereocenters. The first-order valence-corrected chi connectivity index (χ1v) is 11.3. The number of thiophene rings is 2. The average molecular weight is 521 g/mol. The maximum atomic E-state index is 14.2. The van der Waals surface area contributed by atoms with E-state index in [4.69, 9.17) is 49.5 Å². The molecule has 0 fully saturated rings. The van der Waals surface area contributed by atoms with Crippen molar-refractivity contribution >= 4 is 69.3 Å². The van der Waals surface area contributed by atoms with E-state index in [0.29, 0.717) is 34.6 Å². The quantitative estimate of drug-likeness (QED) is 0.432. The smallest absolute Gasteiger partial charge is 0.449 e. The third kappa shape index (κ3) is 3.46. The lowest BCUT2D eigenvalue weighted by Gasteiger charge is -2.28. The Morgan fingerprint density at radius 1 is 1.13 bits per heavy atom. The van der Waals surface area contributed by atoms with E-state index in [2.05, 4.69) is 5.16 Å². The fourth-order valence-electron chi connectivity index (χ4n) is 3.57. The molecule has 1 aliphatic heterocycles. The van der Waals surface area contributed by atoms with E-state index in [1.165, 1.54) is 0 Å². The molecule has 1 N–H and O–H groups in total. The molecule has 162 valence electrons. The normalized spacial score (nSPS) is 21.2. The lowest BCUT2D eigenvalue weighted by Crippen LogP contribution is -2.42. The van der Waals surface area contributed by atoms with Crippen LogP contribution in [0.1, 0.15) is 40.1 Å². The van der Waals surface area contributed by atoms with Crippen LogP contribution in [0.3, 0.4) is 0 Å². The fraction of sp³-hybridized carbons (Fsp3) is 0.412. The molecule has 0 spiro atoms. The van der Waals surface area contributed by atoms with Gasteiger partial charge in [0, 0.05) is 5.56 Å². The summed E-state index contributed by atoms with van der Waals surface area (Å²) in [5.74, 6) is 0. The molecule has 13 heteroatoms. The topological polar surface area (TPSA) is 68.1 Å². The summed E-state index contributed by atoms with van der Waals surface area (Å²) < 4.78 is 47.4. The van der Waals surface area contributed by atoms with Gasteiger partial charge in [0.25, 0.3) is 5.60 Å². The van der Waals surface area contributed by atoms with Crippen LogP contribution in [0.2, 0.25) is 14.4 Å². The molecule has 1 aliphatic carbocycles. The van der Waals surface area contributed by atoms with E-state index in [1.54, 1.807) is 0 Å². The van der Waals surface area contributed by atoms with E-state index in [1.807, 2.05) is 0 Å². The van der Waals surface area contributed by atoms with Gasteiger partial charge in [-0.2, -0.15) is 13.2 Å². The first-order chi connectivity index (χ1) is 14.0. The lowest BCUT2D eigenvalue weighted by molar-refractivity contribution is -0.274. The van der Waals surface area contributed by atoms with Crippen molar-refractivity contribution in [3.63, 3.8) is 0 Å². The van der Waals surface area contributed by atoms with Crippen molar-refractivity contribution < 1.29 is 32.6 Å². The van der Waals surface area contributed by atoms with Gasteiger partial charge >= 0.3 is 12.3 Å². The van der Waals surface area contributed by atoms with Crippen molar-refractivity contribution in [3.8, 4) is 5.06 Å². The van der Waals surface area contributed by atoms with Gasteiger partial charge in [-0.25, -0.2) is 4.79 Å². The van der Waals surface area contributed by atoms with Gasteiger partial charge in [-0.05, 0) is 31.2 Å². The Morgan fingerprint density at radius 3 is 2.37 bits per heavy atom. The van der Waals surface area contributed by atoms with Crippen molar-refractivity contribution in [1.82, 2.24) is 0 Å². The number of carboxylic acid groups (broad SMARTS) is 1. The van der Waals surface area contributed by atoms with Crippen LogP contribution in [0.5, 0.6) is 5.06 Å². The predicted octanol–water partition coefficient (Wildman–Crippen LogP) is 7.29. The van der Waals surface area contributed by atoms with E-state index in [9.17, 15) is 18.0 Å². The number of ether oxygens (including phenoxy) is 1. The van der Waals surface area contributed by atoms with Gasteiger partial charge in [0.2, 0.25) is 0 Å². The molecule has 5 nitrogen and oxygen atoms in total. The van der Waals surface area contributed by atoms with Crippen LogP contribution in [-0.4, -0.2) is 23.1 Å². The molecule has 0 aromatic carbocycles. The second kappa shape index (κ2) is 7.74. The van der Waals surface area contributed by atoms with Crippen LogP contribution in [0.25, 0.3) is 0 Å². The summed E-state index contributed by atoms with van der Waals surface area (Å²) in [6, 6.07) is 0. The molecule has 2 aromatic heterocycles. The Kier molecular flexibility index (Phi) is 5.68. The van der Waals surface area contributed by atoms with Gasteiger partial charge in [0.15, 0.2) is 5.06 Å². The van der Waals surface area contributed by atoms with Crippen molar-refractivity contribution in [2.75, 3.05) is 0 Å². The first kappa shape index (κ1) is 22.0.